The van der Waals surface area contributed by atoms with Gasteiger partial charge in [-0.1, -0.05) is 0 Å². The molecule has 1 saturated heterocycles. The molecular formula is C24H26F4N4O5S. The summed E-state index contributed by atoms with van der Waals surface area (Å²) in [5.74, 6) is -1.27. The van der Waals surface area contributed by atoms with Crippen molar-refractivity contribution in [2.75, 3.05) is 11.5 Å². The van der Waals surface area contributed by atoms with Crippen molar-refractivity contribution in [1.29, 1.82) is 0 Å². The van der Waals surface area contributed by atoms with Gasteiger partial charge in [-0.25, -0.2) is 22.8 Å². The lowest BCUT2D eigenvalue weighted by Crippen LogP contribution is -2.50. The summed E-state index contributed by atoms with van der Waals surface area (Å²) in [6.07, 6.45) is -7.22. The Labute approximate surface area is 215 Å². The molecule has 3 aromatic rings. The van der Waals surface area contributed by atoms with Crippen LogP contribution in [-0.2, 0) is 9.84 Å². The van der Waals surface area contributed by atoms with Gasteiger partial charge >= 0.3 is 18.2 Å². The minimum atomic E-state index is -4.74. The number of alkyl halides is 4. The third-order valence-electron chi connectivity index (χ3n) is 6.45. The molecule has 38 heavy (non-hydrogen) atoms. The molecular weight excluding hydrogens is 532 g/mol. The summed E-state index contributed by atoms with van der Waals surface area (Å²) in [5.41, 5.74) is -0.450. The number of pyridine rings is 1. The lowest BCUT2D eigenvalue weighted by molar-refractivity contribution is -0.253. The van der Waals surface area contributed by atoms with Crippen LogP contribution in [0.2, 0.25) is 0 Å². The van der Waals surface area contributed by atoms with Gasteiger partial charge in [0.05, 0.1) is 22.5 Å². The lowest BCUT2D eigenvalue weighted by Gasteiger charge is -2.34. The molecule has 1 N–H and O–H groups in total. The molecule has 0 atom stereocenters. The first-order valence-electron chi connectivity index (χ1n) is 11.7. The van der Waals surface area contributed by atoms with E-state index in [2.05, 4.69) is 15.0 Å². The molecule has 0 spiro atoms. The second-order valence-electron chi connectivity index (χ2n) is 9.77. The molecule has 1 aliphatic rings. The van der Waals surface area contributed by atoms with E-state index in [0.29, 0.717) is 11.0 Å². The number of nitrogens with one attached hydrogen (secondary N) is 1. The van der Waals surface area contributed by atoms with Gasteiger partial charge in [0.25, 0.3) is 5.91 Å². The zero-order valence-corrected chi connectivity index (χ0v) is 21.6. The first-order valence-corrected chi connectivity index (χ1v) is 13.6. The van der Waals surface area contributed by atoms with Crippen LogP contribution in [0, 0.1) is 0 Å². The fourth-order valence-electron chi connectivity index (χ4n) is 4.33. The van der Waals surface area contributed by atoms with E-state index in [1.165, 1.54) is 22.8 Å². The molecule has 9 nitrogen and oxygen atoms in total. The van der Waals surface area contributed by atoms with Crippen LogP contribution in [0.5, 0.6) is 5.75 Å². The number of ether oxygens (including phenoxy) is 1. The molecule has 0 unspecified atom stereocenters. The number of imidazole rings is 1. The van der Waals surface area contributed by atoms with Gasteiger partial charge in [-0.05, 0) is 57.9 Å². The Balaban J connectivity index is 1.73. The summed E-state index contributed by atoms with van der Waals surface area (Å²) in [5, 5.41) is 2.90. The molecule has 4 rings (SSSR count). The van der Waals surface area contributed by atoms with Crippen molar-refractivity contribution in [3.63, 3.8) is 0 Å². The average molecular weight is 559 g/mol. The number of hydrogen-bond acceptors (Lipinski definition) is 6. The van der Waals surface area contributed by atoms with Crippen molar-refractivity contribution < 1.29 is 35.5 Å². The van der Waals surface area contributed by atoms with Crippen LogP contribution in [0.1, 0.15) is 50.0 Å². The highest BCUT2D eigenvalue weighted by molar-refractivity contribution is 7.91. The summed E-state index contributed by atoms with van der Waals surface area (Å²) in [4.78, 5) is 30.5. The summed E-state index contributed by atoms with van der Waals surface area (Å²) in [6, 6.07) is 5.98. The third-order valence-corrected chi connectivity index (χ3v) is 8.10. The molecule has 3 heterocycles. The number of fused-ring (bicyclic) bond motifs is 1. The predicted molar refractivity (Wildman–Crippen MR) is 131 cm³/mol. The SMILES string of the molecule is CC(C)n1c(=O)n(-c2cc(OC(F)(F)C(F)F)ccn2)c2ccc(C(=O)NC3(C)CCS(=O)(=O)CC3)cc21. The van der Waals surface area contributed by atoms with Crippen molar-refractivity contribution in [3.8, 4) is 11.6 Å². The number of aromatic nitrogens is 3. The maximum absolute atomic E-state index is 13.4. The fraction of sp³-hybridized carbons (Fsp3) is 0.458. The Kier molecular flexibility index (Phi) is 7.06. The zero-order chi connectivity index (χ0) is 28.0. The minimum absolute atomic E-state index is 0.0302. The van der Waals surface area contributed by atoms with Crippen LogP contribution < -0.4 is 15.7 Å². The average Bonchev–Trinajstić information content (AvgIpc) is 3.12. The highest BCUT2D eigenvalue weighted by Gasteiger charge is 2.44. The van der Waals surface area contributed by atoms with E-state index in [-0.39, 0.29) is 41.8 Å². The van der Waals surface area contributed by atoms with Crippen LogP contribution in [0.15, 0.2) is 41.3 Å². The highest BCUT2D eigenvalue weighted by Crippen LogP contribution is 2.29. The van der Waals surface area contributed by atoms with Crippen LogP contribution in [0.4, 0.5) is 17.6 Å². The van der Waals surface area contributed by atoms with Gasteiger partial charge in [-0.15, -0.1) is 0 Å². The highest BCUT2D eigenvalue weighted by atomic mass is 32.2. The number of nitrogens with zero attached hydrogens (tertiary/aromatic N) is 3. The number of benzene rings is 1. The summed E-state index contributed by atoms with van der Waals surface area (Å²) in [7, 11) is -3.13. The van der Waals surface area contributed by atoms with Crippen molar-refractivity contribution in [3.05, 3.63) is 52.6 Å². The van der Waals surface area contributed by atoms with Gasteiger partial charge in [-0.3, -0.25) is 9.36 Å². The zero-order valence-electron chi connectivity index (χ0n) is 20.8. The van der Waals surface area contributed by atoms with Crippen molar-refractivity contribution in [2.45, 2.75) is 57.7 Å². The van der Waals surface area contributed by atoms with Gasteiger partial charge in [0.2, 0.25) is 0 Å². The fourth-order valence-corrected chi connectivity index (χ4v) is 6.06. The normalized spacial score (nSPS) is 17.2. The van der Waals surface area contributed by atoms with E-state index in [9.17, 15) is 35.6 Å². The van der Waals surface area contributed by atoms with Crippen LogP contribution >= 0.6 is 0 Å². The Hall–Kier alpha value is -3.42. The monoisotopic (exact) mass is 558 g/mol. The van der Waals surface area contributed by atoms with E-state index >= 15 is 0 Å². The Bertz CT molecular complexity index is 1530. The first-order chi connectivity index (χ1) is 17.6. The molecule has 1 fully saturated rings. The molecule has 0 aliphatic carbocycles. The summed E-state index contributed by atoms with van der Waals surface area (Å²) < 4.78 is 82.2. The molecule has 2 aromatic heterocycles. The summed E-state index contributed by atoms with van der Waals surface area (Å²) >= 11 is 0. The second kappa shape index (κ2) is 9.71. The molecule has 1 amide bonds. The standard InChI is InChI=1S/C24H26F4N4O5S/c1-14(2)31-18-12-15(20(33)30-23(3)7-10-38(35,36)11-8-23)4-5-17(18)32(22(31)34)19-13-16(6-9-29-19)37-24(27,28)21(25)26/h4-6,9,12-14,21H,7-8,10-11H2,1-3H3,(H,30,33). The number of amides is 1. The van der Waals surface area contributed by atoms with Gasteiger partial charge in [0, 0.05) is 29.4 Å². The Morgan fingerprint density at radius 3 is 2.39 bits per heavy atom. The molecule has 0 radical (unpaired) electrons. The van der Waals surface area contributed by atoms with Crippen molar-refractivity contribution in [2.24, 2.45) is 0 Å². The molecule has 206 valence electrons. The smallest absolute Gasteiger partial charge is 0.428 e. The largest absolute Gasteiger partial charge is 0.461 e. The van der Waals surface area contributed by atoms with E-state index in [1.54, 1.807) is 20.8 Å². The minimum Gasteiger partial charge on any atom is -0.428 e. The van der Waals surface area contributed by atoms with Gasteiger partial charge in [0.1, 0.15) is 21.4 Å². The molecule has 0 saturated carbocycles. The van der Waals surface area contributed by atoms with Crippen LogP contribution in [-0.4, -0.2) is 58.0 Å². The van der Waals surface area contributed by atoms with Crippen molar-refractivity contribution >= 4 is 26.8 Å². The first kappa shape index (κ1) is 27.6. The van der Waals surface area contributed by atoms with Crippen molar-refractivity contribution in [1.82, 2.24) is 19.4 Å². The number of carbonyl (C=O) groups excluding carboxylic acids is 1. The van der Waals surface area contributed by atoms with Gasteiger partial charge in [0.15, 0.2) is 0 Å². The lowest BCUT2D eigenvalue weighted by atomic mass is 9.94. The Morgan fingerprint density at radius 1 is 1.13 bits per heavy atom. The number of rotatable bonds is 7. The molecule has 14 heteroatoms. The van der Waals surface area contributed by atoms with Crippen LogP contribution in [0.25, 0.3) is 16.9 Å². The van der Waals surface area contributed by atoms with Gasteiger partial charge < -0.3 is 10.1 Å². The number of halogens is 4. The maximum atomic E-state index is 13.4. The number of hydrogen-bond donors (Lipinski definition) is 1. The second-order valence-corrected chi connectivity index (χ2v) is 12.1. The van der Waals surface area contributed by atoms with E-state index in [4.69, 9.17) is 0 Å². The third kappa shape index (κ3) is 5.40. The van der Waals surface area contributed by atoms with E-state index < -0.39 is 45.3 Å². The van der Waals surface area contributed by atoms with E-state index in [1.807, 2.05) is 0 Å². The topological polar surface area (TPSA) is 112 Å². The molecule has 0 bridgehead atoms. The van der Waals surface area contributed by atoms with Gasteiger partial charge in [-0.2, -0.15) is 17.6 Å². The number of sulfone groups is 1. The maximum Gasteiger partial charge on any atom is 0.461 e. The summed E-state index contributed by atoms with van der Waals surface area (Å²) in [6.45, 7) is 5.24. The van der Waals surface area contributed by atoms with E-state index in [0.717, 1.165) is 22.9 Å². The number of carbonyl (C=O) groups is 1. The molecule has 1 aliphatic heterocycles. The Morgan fingerprint density at radius 2 is 1.79 bits per heavy atom. The predicted octanol–water partition coefficient (Wildman–Crippen LogP) is 3.70. The quantitative estimate of drug-likeness (QED) is 0.443. The molecule has 1 aromatic carbocycles. The van der Waals surface area contributed by atoms with Crippen LogP contribution in [0.3, 0.4) is 0 Å².